The van der Waals surface area contributed by atoms with Gasteiger partial charge in [-0.15, -0.1) is 0 Å². The fourth-order valence-electron chi connectivity index (χ4n) is 2.56. The number of pyridine rings is 1. The van der Waals surface area contributed by atoms with Gasteiger partial charge in [-0.3, -0.25) is 4.79 Å². The number of hydrogen-bond donors (Lipinski definition) is 0. The minimum atomic E-state index is -2.72. The number of halogens is 3. The molecule has 2 aromatic rings. The molecule has 1 aliphatic heterocycles. The molecule has 2 heterocycles. The van der Waals surface area contributed by atoms with Crippen molar-refractivity contribution >= 4 is 27.8 Å². The zero-order valence-corrected chi connectivity index (χ0v) is 15.2. The first-order chi connectivity index (χ1) is 12.4. The zero-order valence-electron chi connectivity index (χ0n) is 13.6. The first-order valence-corrected chi connectivity index (χ1v) is 8.75. The summed E-state index contributed by atoms with van der Waals surface area (Å²) in [5.74, 6) is -3.64. The largest absolute Gasteiger partial charge is 0.403 e. The van der Waals surface area contributed by atoms with Crippen LogP contribution in [0, 0.1) is 0 Å². The van der Waals surface area contributed by atoms with Crippen LogP contribution in [-0.4, -0.2) is 40.8 Å². The molecule has 1 aromatic heterocycles. The van der Waals surface area contributed by atoms with Crippen molar-refractivity contribution in [3.05, 3.63) is 58.2 Å². The van der Waals surface area contributed by atoms with Gasteiger partial charge in [-0.05, 0) is 34.1 Å². The normalized spacial score (nSPS) is 16.2. The van der Waals surface area contributed by atoms with Crippen LogP contribution in [-0.2, 0) is 0 Å². The lowest BCUT2D eigenvalue weighted by Crippen LogP contribution is -2.42. The van der Waals surface area contributed by atoms with Crippen LogP contribution in [0.15, 0.2) is 47.1 Å². The SMILES string of the molecule is O=C(Oc1ncc(C(=O)N2CCC(F)(F)CC2)cc1Br)c1ccccc1. The molecular weight excluding hydrogens is 410 g/mol. The molecule has 1 aliphatic rings. The number of aromatic nitrogens is 1. The van der Waals surface area contributed by atoms with E-state index in [2.05, 4.69) is 20.9 Å². The molecule has 5 nitrogen and oxygen atoms in total. The maximum atomic E-state index is 13.2. The van der Waals surface area contributed by atoms with Crippen molar-refractivity contribution in [1.82, 2.24) is 9.88 Å². The van der Waals surface area contributed by atoms with Gasteiger partial charge in [0, 0.05) is 32.1 Å². The highest BCUT2D eigenvalue weighted by molar-refractivity contribution is 9.10. The van der Waals surface area contributed by atoms with E-state index in [0.29, 0.717) is 10.0 Å². The second kappa shape index (κ2) is 7.49. The first-order valence-electron chi connectivity index (χ1n) is 7.96. The maximum Gasteiger partial charge on any atom is 0.344 e. The van der Waals surface area contributed by atoms with Crippen LogP contribution >= 0.6 is 15.9 Å². The van der Waals surface area contributed by atoms with Gasteiger partial charge in [-0.1, -0.05) is 18.2 Å². The molecule has 1 amide bonds. The fraction of sp³-hybridized carbons (Fsp3) is 0.278. The van der Waals surface area contributed by atoms with Gasteiger partial charge in [0.1, 0.15) is 0 Å². The third-order valence-corrected chi connectivity index (χ3v) is 4.60. The highest BCUT2D eigenvalue weighted by atomic mass is 79.9. The molecule has 26 heavy (non-hydrogen) atoms. The van der Waals surface area contributed by atoms with Crippen molar-refractivity contribution in [1.29, 1.82) is 0 Å². The van der Waals surface area contributed by atoms with E-state index in [4.69, 9.17) is 4.74 Å². The van der Waals surface area contributed by atoms with E-state index >= 15 is 0 Å². The van der Waals surface area contributed by atoms with Crippen LogP contribution < -0.4 is 4.74 Å². The summed E-state index contributed by atoms with van der Waals surface area (Å²) in [5.41, 5.74) is 0.609. The molecule has 0 atom stereocenters. The molecule has 0 bridgehead atoms. The third-order valence-electron chi connectivity index (χ3n) is 4.04. The Hall–Kier alpha value is -2.35. The van der Waals surface area contributed by atoms with E-state index in [0.717, 1.165) is 0 Å². The summed E-state index contributed by atoms with van der Waals surface area (Å²) in [4.78, 5) is 29.9. The molecule has 8 heteroatoms. The molecular formula is C18H15BrF2N2O3. The quantitative estimate of drug-likeness (QED) is 0.700. The van der Waals surface area contributed by atoms with Crippen molar-refractivity contribution in [2.45, 2.75) is 18.8 Å². The Morgan fingerprint density at radius 3 is 2.38 bits per heavy atom. The van der Waals surface area contributed by atoms with Crippen molar-refractivity contribution in [3.8, 4) is 5.88 Å². The minimum absolute atomic E-state index is 0.00576. The second-order valence-corrected chi connectivity index (χ2v) is 6.77. The number of hydrogen-bond acceptors (Lipinski definition) is 4. The lowest BCUT2D eigenvalue weighted by Gasteiger charge is -2.31. The van der Waals surface area contributed by atoms with Crippen molar-refractivity contribution < 1.29 is 23.1 Å². The monoisotopic (exact) mass is 424 g/mol. The van der Waals surface area contributed by atoms with Crippen molar-refractivity contribution in [3.63, 3.8) is 0 Å². The highest BCUT2D eigenvalue weighted by Crippen LogP contribution is 2.29. The Bertz CT molecular complexity index is 820. The van der Waals surface area contributed by atoms with Crippen molar-refractivity contribution in [2.75, 3.05) is 13.1 Å². The molecule has 0 saturated carbocycles. The number of nitrogens with zero attached hydrogens (tertiary/aromatic N) is 2. The van der Waals surface area contributed by atoms with Crippen LogP contribution in [0.2, 0.25) is 0 Å². The molecule has 0 unspecified atom stereocenters. The summed E-state index contributed by atoms with van der Waals surface area (Å²) < 4.78 is 32.0. The Balaban J connectivity index is 1.69. The Morgan fingerprint density at radius 1 is 1.12 bits per heavy atom. The Morgan fingerprint density at radius 2 is 1.77 bits per heavy atom. The van der Waals surface area contributed by atoms with Crippen LogP contribution in [0.5, 0.6) is 5.88 Å². The van der Waals surface area contributed by atoms with Gasteiger partial charge in [0.05, 0.1) is 15.6 Å². The molecule has 0 spiro atoms. The predicted octanol–water partition coefficient (Wildman–Crippen LogP) is 3.93. The molecule has 1 saturated heterocycles. The van der Waals surface area contributed by atoms with Crippen LogP contribution in [0.3, 0.4) is 0 Å². The van der Waals surface area contributed by atoms with Gasteiger partial charge in [-0.25, -0.2) is 18.6 Å². The number of ether oxygens (including phenoxy) is 1. The standard InChI is InChI=1S/C18H15BrF2N2O3/c19-14-10-13(16(24)23-8-6-18(20,21)7-9-23)11-22-15(14)26-17(25)12-4-2-1-3-5-12/h1-5,10-11H,6-9H2. The van der Waals surface area contributed by atoms with Gasteiger partial charge in [0.25, 0.3) is 11.8 Å². The lowest BCUT2D eigenvalue weighted by molar-refractivity contribution is -0.0494. The maximum absolute atomic E-state index is 13.2. The van der Waals surface area contributed by atoms with E-state index in [-0.39, 0.29) is 43.3 Å². The zero-order chi connectivity index (χ0) is 18.7. The summed E-state index contributed by atoms with van der Waals surface area (Å²) in [5, 5.41) is 0. The summed E-state index contributed by atoms with van der Waals surface area (Å²) in [7, 11) is 0. The molecule has 3 rings (SSSR count). The van der Waals surface area contributed by atoms with Crippen LogP contribution in [0.25, 0.3) is 0 Å². The average Bonchev–Trinajstić information content (AvgIpc) is 2.63. The number of rotatable bonds is 3. The van der Waals surface area contributed by atoms with Gasteiger partial charge in [0.15, 0.2) is 0 Å². The number of carbonyl (C=O) groups is 2. The number of likely N-dealkylation sites (tertiary alicyclic amines) is 1. The second-order valence-electron chi connectivity index (χ2n) is 5.91. The number of carbonyl (C=O) groups excluding carboxylic acids is 2. The van der Waals surface area contributed by atoms with E-state index in [1.165, 1.54) is 17.2 Å². The molecule has 0 N–H and O–H groups in total. The Labute approximate surface area is 157 Å². The van der Waals surface area contributed by atoms with Crippen LogP contribution in [0.4, 0.5) is 8.78 Å². The van der Waals surface area contributed by atoms with E-state index in [1.54, 1.807) is 30.3 Å². The van der Waals surface area contributed by atoms with Crippen molar-refractivity contribution in [2.24, 2.45) is 0 Å². The van der Waals surface area contributed by atoms with Gasteiger partial charge >= 0.3 is 5.97 Å². The fourth-order valence-corrected chi connectivity index (χ4v) is 2.99. The van der Waals surface area contributed by atoms with Gasteiger partial charge in [0.2, 0.25) is 5.88 Å². The molecule has 1 aromatic carbocycles. The van der Waals surface area contributed by atoms with Crippen LogP contribution in [0.1, 0.15) is 33.6 Å². The smallest absolute Gasteiger partial charge is 0.344 e. The number of alkyl halides is 2. The summed E-state index contributed by atoms with van der Waals surface area (Å²) in [6.45, 7) is -0.0115. The number of piperidine rings is 1. The average molecular weight is 425 g/mol. The summed E-state index contributed by atoms with van der Waals surface area (Å²) in [6, 6.07) is 9.89. The van der Waals surface area contributed by atoms with E-state index in [9.17, 15) is 18.4 Å². The predicted molar refractivity (Wildman–Crippen MR) is 93.4 cm³/mol. The lowest BCUT2D eigenvalue weighted by atomic mass is 10.1. The summed E-state index contributed by atoms with van der Waals surface area (Å²) in [6.07, 6.45) is 0.577. The molecule has 0 radical (unpaired) electrons. The number of amides is 1. The first kappa shape index (κ1) is 18.4. The summed E-state index contributed by atoms with van der Waals surface area (Å²) >= 11 is 3.23. The highest BCUT2D eigenvalue weighted by Gasteiger charge is 2.35. The molecule has 136 valence electrons. The molecule has 1 fully saturated rings. The van der Waals surface area contributed by atoms with E-state index in [1.807, 2.05) is 0 Å². The topological polar surface area (TPSA) is 59.5 Å². The molecule has 0 aliphatic carbocycles. The van der Waals surface area contributed by atoms with E-state index < -0.39 is 11.9 Å². The van der Waals surface area contributed by atoms with Gasteiger partial charge in [-0.2, -0.15) is 0 Å². The third kappa shape index (κ3) is 4.24. The Kier molecular flexibility index (Phi) is 5.31. The number of benzene rings is 1. The minimum Gasteiger partial charge on any atom is -0.403 e. The van der Waals surface area contributed by atoms with Gasteiger partial charge < -0.3 is 9.64 Å². The number of esters is 1.